The van der Waals surface area contributed by atoms with Gasteiger partial charge >= 0.3 is 0 Å². The van der Waals surface area contributed by atoms with Crippen molar-refractivity contribution in [1.82, 2.24) is 0 Å². The predicted molar refractivity (Wildman–Crippen MR) is 94.8 cm³/mol. The van der Waals surface area contributed by atoms with Crippen molar-refractivity contribution < 1.29 is 9.59 Å². The molecule has 4 aliphatic rings. The van der Waals surface area contributed by atoms with Crippen molar-refractivity contribution in [2.45, 2.75) is 0 Å². The van der Waals surface area contributed by atoms with Crippen LogP contribution >= 0.6 is 0 Å². The second kappa shape index (κ2) is 5.74. The van der Waals surface area contributed by atoms with Gasteiger partial charge in [-0.2, -0.15) is 0 Å². The molecule has 0 radical (unpaired) electrons. The third kappa shape index (κ3) is 2.29. The fourth-order valence-electron chi connectivity index (χ4n) is 3.07. The van der Waals surface area contributed by atoms with E-state index in [9.17, 15) is 9.59 Å². The normalized spacial score (nSPS) is 10.8. The van der Waals surface area contributed by atoms with Gasteiger partial charge in [0.15, 0.2) is 0 Å². The first-order valence-corrected chi connectivity index (χ1v) is 7.80. The fourth-order valence-corrected chi connectivity index (χ4v) is 3.07. The number of hydrogen-bond donors (Lipinski definition) is 0. The number of ketones is 2. The molecule has 0 unspecified atom stereocenters. The van der Waals surface area contributed by atoms with Crippen LogP contribution < -0.4 is 0 Å². The molecule has 0 N–H and O–H groups in total. The molecule has 114 valence electrons. The monoisotopic (exact) mass is 310 g/mol. The highest BCUT2D eigenvalue weighted by Crippen LogP contribution is 2.31. The van der Waals surface area contributed by atoms with Crippen molar-refractivity contribution in [2.24, 2.45) is 0 Å². The Bertz CT molecular complexity index is 917. The molecule has 4 aliphatic carbocycles. The van der Waals surface area contributed by atoms with Crippen molar-refractivity contribution in [2.75, 3.05) is 0 Å². The van der Waals surface area contributed by atoms with Gasteiger partial charge in [0.05, 0.1) is 0 Å². The number of Topliss-reactive ketones (excluding diaryl/α,β-unsaturated/α-hetero) is 2. The standard InChI is InChI=1S/C22H14O2/c23-21(19-13-11-15-7-3-1-5-9-17(15)19)22(24)20-14-12-16-8-4-2-6-10-18(16)20/h1-14H. The van der Waals surface area contributed by atoms with E-state index in [1.54, 1.807) is 12.1 Å². The highest BCUT2D eigenvalue weighted by Gasteiger charge is 2.25. The molecule has 0 saturated carbocycles. The average Bonchev–Trinajstić information content (AvgIpc) is 3.00. The Morgan fingerprint density at radius 1 is 0.458 bits per heavy atom. The summed E-state index contributed by atoms with van der Waals surface area (Å²) in [5.74, 6) is -0.926. The topological polar surface area (TPSA) is 34.1 Å². The molecule has 0 amide bonds. The van der Waals surface area contributed by atoms with Crippen LogP contribution in [0, 0.1) is 0 Å². The van der Waals surface area contributed by atoms with E-state index in [0.29, 0.717) is 11.1 Å². The van der Waals surface area contributed by atoms with E-state index in [1.165, 1.54) is 0 Å². The number of carbonyl (C=O) groups is 2. The molecule has 0 aromatic heterocycles. The molecule has 2 heteroatoms. The van der Waals surface area contributed by atoms with Crippen LogP contribution in [0.4, 0.5) is 0 Å². The van der Waals surface area contributed by atoms with Crippen LogP contribution in [0.5, 0.6) is 0 Å². The highest BCUT2D eigenvalue weighted by atomic mass is 16.2. The highest BCUT2D eigenvalue weighted by molar-refractivity contribution is 6.51. The largest absolute Gasteiger partial charge is 0.285 e. The summed E-state index contributed by atoms with van der Waals surface area (Å²) in [6, 6.07) is 26.2. The zero-order chi connectivity index (χ0) is 16.5. The van der Waals surface area contributed by atoms with Gasteiger partial charge in [-0.15, -0.1) is 0 Å². The summed E-state index contributed by atoms with van der Waals surface area (Å²) in [4.78, 5) is 25.6. The first-order chi connectivity index (χ1) is 11.8. The fraction of sp³-hybridized carbons (Fsp3) is 0. The summed E-state index contributed by atoms with van der Waals surface area (Å²) >= 11 is 0. The minimum absolute atomic E-state index is 0.459. The number of hydrogen-bond acceptors (Lipinski definition) is 2. The van der Waals surface area contributed by atoms with Crippen molar-refractivity contribution in [1.29, 1.82) is 0 Å². The van der Waals surface area contributed by atoms with E-state index in [0.717, 1.165) is 22.3 Å². The maximum atomic E-state index is 12.8. The van der Waals surface area contributed by atoms with Crippen LogP contribution in [0.1, 0.15) is 20.7 Å². The maximum absolute atomic E-state index is 12.8. The summed E-state index contributed by atoms with van der Waals surface area (Å²) in [6.45, 7) is 0. The van der Waals surface area contributed by atoms with Gasteiger partial charge in [0.25, 0.3) is 0 Å². The van der Waals surface area contributed by atoms with Crippen LogP contribution in [-0.4, -0.2) is 11.6 Å². The van der Waals surface area contributed by atoms with Gasteiger partial charge in [0, 0.05) is 11.1 Å². The Labute approximate surface area is 140 Å². The quantitative estimate of drug-likeness (QED) is 0.396. The molecular weight excluding hydrogens is 296 g/mol. The molecule has 0 saturated heterocycles. The number of fused-ring (bicyclic) bond motifs is 2. The Kier molecular flexibility index (Phi) is 3.43. The van der Waals surface area contributed by atoms with E-state index < -0.39 is 11.6 Å². The first kappa shape index (κ1) is 14.3. The SMILES string of the molecule is O=C(C(=O)c1ccc2cccccc1-2)c1ccc2cccccc1-2. The molecule has 0 fully saturated rings. The zero-order valence-corrected chi connectivity index (χ0v) is 12.9. The van der Waals surface area contributed by atoms with E-state index in [2.05, 4.69) is 0 Å². The first-order valence-electron chi connectivity index (χ1n) is 7.80. The Morgan fingerprint density at radius 2 is 0.875 bits per heavy atom. The third-order valence-corrected chi connectivity index (χ3v) is 4.28. The van der Waals surface area contributed by atoms with Crippen molar-refractivity contribution in [3.8, 4) is 22.3 Å². The molecule has 0 spiro atoms. The van der Waals surface area contributed by atoms with Crippen LogP contribution in [-0.2, 0) is 0 Å². The molecule has 4 rings (SSSR count). The second-order valence-electron chi connectivity index (χ2n) is 5.71. The molecule has 24 heavy (non-hydrogen) atoms. The van der Waals surface area contributed by atoms with Gasteiger partial charge in [-0.1, -0.05) is 72.8 Å². The maximum Gasteiger partial charge on any atom is 0.234 e. The van der Waals surface area contributed by atoms with Gasteiger partial charge < -0.3 is 0 Å². The van der Waals surface area contributed by atoms with E-state index >= 15 is 0 Å². The molecule has 2 nitrogen and oxygen atoms in total. The second-order valence-corrected chi connectivity index (χ2v) is 5.71. The zero-order valence-electron chi connectivity index (χ0n) is 12.9. The Balaban J connectivity index is 1.76. The van der Waals surface area contributed by atoms with Crippen molar-refractivity contribution >= 4 is 11.6 Å². The molecule has 0 atom stereocenters. The summed E-state index contributed by atoms with van der Waals surface area (Å²) in [5.41, 5.74) is 4.44. The summed E-state index contributed by atoms with van der Waals surface area (Å²) in [7, 11) is 0. The van der Waals surface area contributed by atoms with E-state index in [1.807, 2.05) is 72.8 Å². The Hall–Kier alpha value is -3.26. The summed E-state index contributed by atoms with van der Waals surface area (Å²) < 4.78 is 0. The van der Waals surface area contributed by atoms with Crippen LogP contribution in [0.3, 0.4) is 0 Å². The molecule has 0 aromatic carbocycles. The minimum Gasteiger partial charge on any atom is -0.285 e. The molecule has 0 bridgehead atoms. The van der Waals surface area contributed by atoms with Gasteiger partial charge in [-0.05, 0) is 34.4 Å². The van der Waals surface area contributed by atoms with Crippen LogP contribution in [0.15, 0.2) is 84.9 Å². The van der Waals surface area contributed by atoms with Gasteiger partial charge in [-0.3, -0.25) is 9.59 Å². The molecule has 0 heterocycles. The van der Waals surface area contributed by atoms with E-state index in [4.69, 9.17) is 0 Å². The molecule has 0 aromatic rings. The van der Waals surface area contributed by atoms with E-state index in [-0.39, 0.29) is 0 Å². The molecule has 0 aliphatic heterocycles. The van der Waals surface area contributed by atoms with Gasteiger partial charge in [-0.25, -0.2) is 0 Å². The average molecular weight is 310 g/mol. The lowest BCUT2D eigenvalue weighted by molar-refractivity contribution is 0.0818. The smallest absolute Gasteiger partial charge is 0.234 e. The summed E-state index contributed by atoms with van der Waals surface area (Å²) in [5, 5.41) is 0. The lowest BCUT2D eigenvalue weighted by atomic mass is 9.98. The number of carbonyl (C=O) groups excluding carboxylic acids is 2. The van der Waals surface area contributed by atoms with Crippen molar-refractivity contribution in [3.63, 3.8) is 0 Å². The Morgan fingerprint density at radius 3 is 1.33 bits per heavy atom. The van der Waals surface area contributed by atoms with Crippen LogP contribution in [0.2, 0.25) is 0 Å². The van der Waals surface area contributed by atoms with Crippen LogP contribution in [0.25, 0.3) is 22.3 Å². The molecular formula is C22H14O2. The minimum atomic E-state index is -0.463. The van der Waals surface area contributed by atoms with Gasteiger partial charge in [0.2, 0.25) is 11.6 Å². The van der Waals surface area contributed by atoms with Gasteiger partial charge in [0.1, 0.15) is 0 Å². The van der Waals surface area contributed by atoms with Crippen molar-refractivity contribution in [3.05, 3.63) is 96.1 Å². The lowest BCUT2D eigenvalue weighted by Crippen LogP contribution is -2.14. The third-order valence-electron chi connectivity index (χ3n) is 4.28. The lowest BCUT2D eigenvalue weighted by Gasteiger charge is -2.02. The summed E-state index contributed by atoms with van der Waals surface area (Å²) in [6.07, 6.45) is 0. The predicted octanol–water partition coefficient (Wildman–Crippen LogP) is 4.96. The number of rotatable bonds is 3.